The summed E-state index contributed by atoms with van der Waals surface area (Å²) < 4.78 is 11.4. The van der Waals surface area contributed by atoms with Gasteiger partial charge in [-0.3, -0.25) is 9.59 Å². The Labute approximate surface area is 181 Å². The van der Waals surface area contributed by atoms with E-state index in [2.05, 4.69) is 16.0 Å². The molecule has 0 atom stereocenters. The zero-order chi connectivity index (χ0) is 21.9. The van der Waals surface area contributed by atoms with Crippen molar-refractivity contribution in [3.8, 4) is 11.5 Å². The van der Waals surface area contributed by atoms with Gasteiger partial charge in [-0.15, -0.1) is 0 Å². The Morgan fingerprint density at radius 2 is 1.58 bits per heavy atom. The highest BCUT2D eigenvalue weighted by molar-refractivity contribution is 5.98. The molecule has 3 N–H and O–H groups in total. The highest BCUT2D eigenvalue weighted by atomic mass is 16.5. The maximum absolute atomic E-state index is 12.3. The van der Waals surface area contributed by atoms with Crippen LogP contribution in [0.1, 0.15) is 10.4 Å². The molecule has 7 nitrogen and oxygen atoms in total. The summed E-state index contributed by atoms with van der Waals surface area (Å²) in [5.74, 6) is 0.969. The highest BCUT2D eigenvalue weighted by Gasteiger charge is 2.08. The molecule has 0 bridgehead atoms. The van der Waals surface area contributed by atoms with E-state index in [1.54, 1.807) is 31.3 Å². The number of ether oxygens (including phenoxy) is 2. The number of para-hydroxylation sites is 3. The predicted octanol–water partition coefficient (Wildman–Crippen LogP) is 3.55. The van der Waals surface area contributed by atoms with E-state index in [4.69, 9.17) is 9.47 Å². The quantitative estimate of drug-likeness (QED) is 0.438. The van der Waals surface area contributed by atoms with Crippen molar-refractivity contribution in [3.63, 3.8) is 0 Å². The van der Waals surface area contributed by atoms with Gasteiger partial charge in [-0.05, 0) is 42.5 Å². The first kappa shape index (κ1) is 21.7. The standard InChI is InChI=1S/C24H25N3O4/c1-25-24(29)18-8-7-9-19(16-18)27-23(28)17-26-21-12-5-6-13-22(21)31-15-14-30-20-10-3-2-4-11-20/h2-13,16,26H,14-15,17H2,1H3,(H,25,29)(H,27,28). The average Bonchev–Trinajstić information content (AvgIpc) is 2.81. The molecule has 0 fully saturated rings. The van der Waals surface area contributed by atoms with Crippen molar-refractivity contribution < 1.29 is 19.1 Å². The number of nitrogens with one attached hydrogen (secondary N) is 3. The normalized spacial score (nSPS) is 10.1. The van der Waals surface area contributed by atoms with Crippen LogP contribution in [0.25, 0.3) is 0 Å². The van der Waals surface area contributed by atoms with Crippen LogP contribution in [0.3, 0.4) is 0 Å². The van der Waals surface area contributed by atoms with Crippen LogP contribution in [-0.2, 0) is 4.79 Å². The second-order valence-corrected chi connectivity index (χ2v) is 6.57. The van der Waals surface area contributed by atoms with Crippen molar-refractivity contribution in [3.05, 3.63) is 84.4 Å². The number of carbonyl (C=O) groups is 2. The topological polar surface area (TPSA) is 88.7 Å². The SMILES string of the molecule is CNC(=O)c1cccc(NC(=O)CNc2ccccc2OCCOc2ccccc2)c1. The van der Waals surface area contributed by atoms with Gasteiger partial charge in [0.25, 0.3) is 5.91 Å². The largest absolute Gasteiger partial charge is 0.490 e. The van der Waals surface area contributed by atoms with Crippen LogP contribution in [0.2, 0.25) is 0 Å². The lowest BCUT2D eigenvalue weighted by Crippen LogP contribution is -2.23. The summed E-state index contributed by atoms with van der Waals surface area (Å²) in [6, 6.07) is 23.7. The van der Waals surface area contributed by atoms with E-state index in [1.807, 2.05) is 54.6 Å². The predicted molar refractivity (Wildman–Crippen MR) is 121 cm³/mol. The molecule has 7 heteroatoms. The molecule has 0 heterocycles. The van der Waals surface area contributed by atoms with Gasteiger partial charge in [0, 0.05) is 18.3 Å². The summed E-state index contributed by atoms with van der Waals surface area (Å²) in [6.45, 7) is 0.817. The molecule has 0 radical (unpaired) electrons. The molecule has 3 aromatic carbocycles. The zero-order valence-corrected chi connectivity index (χ0v) is 17.3. The molecule has 0 saturated heterocycles. The second-order valence-electron chi connectivity index (χ2n) is 6.57. The number of anilines is 2. The Morgan fingerprint density at radius 1 is 0.839 bits per heavy atom. The Balaban J connectivity index is 1.49. The van der Waals surface area contributed by atoms with E-state index in [0.717, 1.165) is 5.75 Å². The van der Waals surface area contributed by atoms with Crippen LogP contribution in [0.15, 0.2) is 78.9 Å². The molecule has 0 spiro atoms. The Hall–Kier alpha value is -4.00. The maximum atomic E-state index is 12.3. The van der Waals surface area contributed by atoms with Gasteiger partial charge in [0.1, 0.15) is 24.7 Å². The molecule has 160 valence electrons. The number of amides is 2. The lowest BCUT2D eigenvalue weighted by molar-refractivity contribution is -0.114. The van der Waals surface area contributed by atoms with Crippen molar-refractivity contribution >= 4 is 23.2 Å². The van der Waals surface area contributed by atoms with Gasteiger partial charge in [0.2, 0.25) is 5.91 Å². The Kier molecular flexibility index (Phi) is 7.88. The maximum Gasteiger partial charge on any atom is 0.251 e. The monoisotopic (exact) mass is 419 g/mol. The smallest absolute Gasteiger partial charge is 0.251 e. The van der Waals surface area contributed by atoms with Crippen LogP contribution in [0.4, 0.5) is 11.4 Å². The van der Waals surface area contributed by atoms with Crippen molar-refractivity contribution in [2.24, 2.45) is 0 Å². The third-order valence-electron chi connectivity index (χ3n) is 4.31. The number of rotatable bonds is 10. The first-order chi connectivity index (χ1) is 15.2. The Bertz CT molecular complexity index is 1010. The summed E-state index contributed by atoms with van der Waals surface area (Å²) >= 11 is 0. The van der Waals surface area contributed by atoms with Crippen LogP contribution >= 0.6 is 0 Å². The molecule has 0 saturated carbocycles. The van der Waals surface area contributed by atoms with E-state index < -0.39 is 0 Å². The first-order valence-corrected chi connectivity index (χ1v) is 9.91. The van der Waals surface area contributed by atoms with Crippen LogP contribution < -0.4 is 25.4 Å². The molecule has 0 unspecified atom stereocenters. The molecular formula is C24H25N3O4. The zero-order valence-electron chi connectivity index (χ0n) is 17.3. The van der Waals surface area contributed by atoms with Gasteiger partial charge >= 0.3 is 0 Å². The number of carbonyl (C=O) groups excluding carboxylic acids is 2. The van der Waals surface area contributed by atoms with Gasteiger partial charge in [0.15, 0.2) is 0 Å². The fraction of sp³-hybridized carbons (Fsp3) is 0.167. The van der Waals surface area contributed by atoms with Gasteiger partial charge in [-0.25, -0.2) is 0 Å². The van der Waals surface area contributed by atoms with Crippen LogP contribution in [-0.4, -0.2) is 38.6 Å². The third-order valence-corrected chi connectivity index (χ3v) is 4.31. The summed E-state index contributed by atoms with van der Waals surface area (Å²) in [6.07, 6.45) is 0. The molecule has 0 aliphatic carbocycles. The molecule has 0 aliphatic rings. The van der Waals surface area contributed by atoms with Gasteiger partial charge < -0.3 is 25.4 Å². The summed E-state index contributed by atoms with van der Waals surface area (Å²) in [4.78, 5) is 24.1. The lowest BCUT2D eigenvalue weighted by Gasteiger charge is -2.14. The Morgan fingerprint density at radius 3 is 2.39 bits per heavy atom. The van der Waals surface area contributed by atoms with Crippen molar-refractivity contribution in [2.45, 2.75) is 0 Å². The average molecular weight is 419 g/mol. The van der Waals surface area contributed by atoms with Gasteiger partial charge in [0.05, 0.1) is 12.2 Å². The molecular weight excluding hydrogens is 394 g/mol. The summed E-state index contributed by atoms with van der Waals surface area (Å²) in [5.41, 5.74) is 1.73. The van der Waals surface area contributed by atoms with E-state index in [9.17, 15) is 9.59 Å². The highest BCUT2D eigenvalue weighted by Crippen LogP contribution is 2.23. The minimum Gasteiger partial charge on any atom is -0.490 e. The van der Waals surface area contributed by atoms with Crippen LogP contribution in [0, 0.1) is 0 Å². The van der Waals surface area contributed by atoms with Crippen LogP contribution in [0.5, 0.6) is 11.5 Å². The van der Waals surface area contributed by atoms with Crippen molar-refractivity contribution in [1.82, 2.24) is 5.32 Å². The second kappa shape index (κ2) is 11.3. The van der Waals surface area contributed by atoms with Crippen molar-refractivity contribution in [2.75, 3.05) is 37.4 Å². The third kappa shape index (κ3) is 6.78. The fourth-order valence-corrected chi connectivity index (χ4v) is 2.83. The minimum absolute atomic E-state index is 0.0467. The molecule has 0 aliphatic heterocycles. The number of benzene rings is 3. The van der Waals surface area contributed by atoms with E-state index >= 15 is 0 Å². The molecule has 0 aromatic heterocycles. The molecule has 3 rings (SSSR count). The van der Waals surface area contributed by atoms with E-state index in [1.165, 1.54) is 0 Å². The number of hydrogen-bond acceptors (Lipinski definition) is 5. The molecule has 31 heavy (non-hydrogen) atoms. The fourth-order valence-electron chi connectivity index (χ4n) is 2.83. The van der Waals surface area contributed by atoms with Gasteiger partial charge in [-0.2, -0.15) is 0 Å². The van der Waals surface area contributed by atoms with E-state index in [0.29, 0.717) is 35.9 Å². The molecule has 2 amide bonds. The van der Waals surface area contributed by atoms with E-state index in [-0.39, 0.29) is 18.4 Å². The molecule has 3 aromatic rings. The summed E-state index contributed by atoms with van der Waals surface area (Å²) in [5, 5.41) is 8.42. The lowest BCUT2D eigenvalue weighted by atomic mass is 10.2. The minimum atomic E-state index is -0.240. The number of hydrogen-bond donors (Lipinski definition) is 3. The summed E-state index contributed by atoms with van der Waals surface area (Å²) in [7, 11) is 1.56. The van der Waals surface area contributed by atoms with Gasteiger partial charge in [-0.1, -0.05) is 36.4 Å². The first-order valence-electron chi connectivity index (χ1n) is 9.91. The van der Waals surface area contributed by atoms with Crippen molar-refractivity contribution in [1.29, 1.82) is 0 Å².